The number of nitrogens with one attached hydrogen (secondary N) is 1. The van der Waals surface area contributed by atoms with Gasteiger partial charge in [-0.2, -0.15) is 0 Å². The second-order valence-electron chi connectivity index (χ2n) is 6.16. The summed E-state index contributed by atoms with van der Waals surface area (Å²) in [6.07, 6.45) is 9.80. The van der Waals surface area contributed by atoms with Gasteiger partial charge in [0.2, 0.25) is 5.91 Å². The van der Waals surface area contributed by atoms with Crippen molar-refractivity contribution in [2.75, 3.05) is 13.1 Å². The molecule has 1 saturated carbocycles. The maximum atomic E-state index is 11.5. The summed E-state index contributed by atoms with van der Waals surface area (Å²) < 4.78 is 0. The SMILES string of the molecule is CCCC1CCCCN1CCC(NC1CC1)C(N)=O. The molecule has 1 aliphatic carbocycles. The minimum absolute atomic E-state index is 0.128. The topological polar surface area (TPSA) is 58.4 Å². The maximum Gasteiger partial charge on any atom is 0.234 e. The smallest absolute Gasteiger partial charge is 0.234 e. The van der Waals surface area contributed by atoms with E-state index < -0.39 is 0 Å². The minimum atomic E-state index is -0.184. The van der Waals surface area contributed by atoms with Gasteiger partial charge in [0.05, 0.1) is 6.04 Å². The van der Waals surface area contributed by atoms with Gasteiger partial charge in [0.25, 0.3) is 0 Å². The summed E-state index contributed by atoms with van der Waals surface area (Å²) >= 11 is 0. The monoisotopic (exact) mass is 267 g/mol. The van der Waals surface area contributed by atoms with Crippen LogP contribution in [-0.2, 0) is 4.79 Å². The van der Waals surface area contributed by atoms with Gasteiger partial charge in [0, 0.05) is 18.6 Å². The fourth-order valence-corrected chi connectivity index (χ4v) is 3.15. The minimum Gasteiger partial charge on any atom is -0.368 e. The normalized spacial score (nSPS) is 26.3. The van der Waals surface area contributed by atoms with Crippen LogP contribution in [-0.4, -0.2) is 42.0 Å². The van der Waals surface area contributed by atoms with Crippen molar-refractivity contribution in [2.45, 2.75) is 76.4 Å². The van der Waals surface area contributed by atoms with E-state index in [2.05, 4.69) is 17.1 Å². The van der Waals surface area contributed by atoms with Gasteiger partial charge < -0.3 is 16.0 Å². The van der Waals surface area contributed by atoms with Crippen molar-refractivity contribution in [1.29, 1.82) is 0 Å². The summed E-state index contributed by atoms with van der Waals surface area (Å²) in [4.78, 5) is 14.1. The number of primary amides is 1. The van der Waals surface area contributed by atoms with Gasteiger partial charge in [0.15, 0.2) is 0 Å². The number of amides is 1. The molecule has 4 heteroatoms. The Hall–Kier alpha value is -0.610. The van der Waals surface area contributed by atoms with E-state index in [0.717, 1.165) is 19.0 Å². The van der Waals surface area contributed by atoms with Crippen LogP contribution in [0.3, 0.4) is 0 Å². The standard InChI is InChI=1S/C15H29N3O/c1-2-5-13-6-3-4-10-18(13)11-9-14(15(16)19)17-12-7-8-12/h12-14,17H,2-11H2,1H3,(H2,16,19). The molecular formula is C15H29N3O. The molecule has 2 aliphatic rings. The molecule has 0 spiro atoms. The second kappa shape index (κ2) is 7.25. The number of rotatable bonds is 8. The molecule has 0 aromatic carbocycles. The van der Waals surface area contributed by atoms with Crippen molar-refractivity contribution >= 4 is 5.91 Å². The molecule has 1 saturated heterocycles. The number of nitrogens with two attached hydrogens (primary N) is 1. The molecule has 1 heterocycles. The van der Waals surface area contributed by atoms with Crippen molar-refractivity contribution in [3.05, 3.63) is 0 Å². The lowest BCUT2D eigenvalue weighted by Gasteiger charge is -2.36. The zero-order valence-electron chi connectivity index (χ0n) is 12.2. The fourth-order valence-electron chi connectivity index (χ4n) is 3.15. The van der Waals surface area contributed by atoms with Crippen LogP contribution in [0.15, 0.2) is 0 Å². The number of likely N-dealkylation sites (tertiary alicyclic amines) is 1. The highest BCUT2D eigenvalue weighted by molar-refractivity contribution is 5.79. The van der Waals surface area contributed by atoms with Gasteiger partial charge >= 0.3 is 0 Å². The number of carbonyl (C=O) groups is 1. The van der Waals surface area contributed by atoms with Crippen LogP contribution < -0.4 is 11.1 Å². The van der Waals surface area contributed by atoms with Crippen molar-refractivity contribution in [2.24, 2.45) is 5.73 Å². The largest absolute Gasteiger partial charge is 0.368 e. The van der Waals surface area contributed by atoms with Crippen molar-refractivity contribution in [1.82, 2.24) is 10.2 Å². The highest BCUT2D eigenvalue weighted by Crippen LogP contribution is 2.22. The molecule has 0 radical (unpaired) electrons. The molecule has 3 N–H and O–H groups in total. The van der Waals surface area contributed by atoms with Crippen LogP contribution in [0.2, 0.25) is 0 Å². The Morgan fingerprint density at radius 2 is 2.16 bits per heavy atom. The van der Waals surface area contributed by atoms with Crippen LogP contribution in [0, 0.1) is 0 Å². The molecule has 110 valence electrons. The summed E-state index contributed by atoms with van der Waals surface area (Å²) in [5.74, 6) is -0.184. The van der Waals surface area contributed by atoms with Crippen LogP contribution in [0.4, 0.5) is 0 Å². The Balaban J connectivity index is 1.78. The Kier molecular flexibility index (Phi) is 5.64. The number of nitrogens with zero attached hydrogens (tertiary/aromatic N) is 1. The zero-order chi connectivity index (χ0) is 13.7. The number of carbonyl (C=O) groups excluding carboxylic acids is 1. The average molecular weight is 267 g/mol. The highest BCUT2D eigenvalue weighted by Gasteiger charge is 2.28. The summed E-state index contributed by atoms with van der Waals surface area (Å²) in [6, 6.07) is 1.15. The van der Waals surface area contributed by atoms with E-state index in [4.69, 9.17) is 5.73 Å². The van der Waals surface area contributed by atoms with Gasteiger partial charge in [-0.15, -0.1) is 0 Å². The Morgan fingerprint density at radius 1 is 1.37 bits per heavy atom. The zero-order valence-corrected chi connectivity index (χ0v) is 12.2. The first-order valence-corrected chi connectivity index (χ1v) is 8.00. The third kappa shape index (κ3) is 4.77. The lowest BCUT2D eigenvalue weighted by Crippen LogP contribution is -2.47. The Bertz CT molecular complexity index is 289. The van der Waals surface area contributed by atoms with E-state index in [0.29, 0.717) is 6.04 Å². The van der Waals surface area contributed by atoms with Crippen LogP contribution in [0.25, 0.3) is 0 Å². The molecule has 0 aromatic rings. The first kappa shape index (κ1) is 14.8. The predicted molar refractivity (Wildman–Crippen MR) is 77.9 cm³/mol. The molecule has 4 nitrogen and oxygen atoms in total. The molecule has 2 atom stereocenters. The van der Waals surface area contributed by atoms with E-state index in [9.17, 15) is 4.79 Å². The third-order valence-corrected chi connectivity index (χ3v) is 4.43. The van der Waals surface area contributed by atoms with Crippen LogP contribution in [0.5, 0.6) is 0 Å². The Morgan fingerprint density at radius 3 is 2.79 bits per heavy atom. The van der Waals surface area contributed by atoms with E-state index in [1.54, 1.807) is 0 Å². The summed E-state index contributed by atoms with van der Waals surface area (Å²) in [5.41, 5.74) is 5.50. The maximum absolute atomic E-state index is 11.5. The number of piperidine rings is 1. The van der Waals surface area contributed by atoms with Crippen molar-refractivity contribution in [3.8, 4) is 0 Å². The molecule has 0 bridgehead atoms. The molecule has 2 unspecified atom stereocenters. The fraction of sp³-hybridized carbons (Fsp3) is 0.933. The molecule has 1 aliphatic heterocycles. The lowest BCUT2D eigenvalue weighted by molar-refractivity contribution is -0.120. The molecule has 19 heavy (non-hydrogen) atoms. The van der Waals surface area contributed by atoms with E-state index >= 15 is 0 Å². The molecular weight excluding hydrogens is 238 g/mol. The average Bonchev–Trinajstić information content (AvgIpc) is 3.20. The third-order valence-electron chi connectivity index (χ3n) is 4.43. The van der Waals surface area contributed by atoms with Gasteiger partial charge in [-0.25, -0.2) is 0 Å². The van der Waals surface area contributed by atoms with Crippen molar-refractivity contribution < 1.29 is 4.79 Å². The van der Waals surface area contributed by atoms with E-state index in [1.807, 2.05) is 0 Å². The summed E-state index contributed by atoms with van der Waals surface area (Å²) in [7, 11) is 0. The summed E-state index contributed by atoms with van der Waals surface area (Å²) in [5, 5.41) is 3.38. The van der Waals surface area contributed by atoms with Gasteiger partial charge in [-0.05, 0) is 45.1 Å². The quantitative estimate of drug-likeness (QED) is 0.703. The number of hydrogen-bond acceptors (Lipinski definition) is 3. The summed E-state index contributed by atoms with van der Waals surface area (Å²) in [6.45, 7) is 4.46. The van der Waals surface area contributed by atoms with Gasteiger partial charge in [0.1, 0.15) is 0 Å². The Labute approximate surface area is 117 Å². The van der Waals surface area contributed by atoms with E-state index in [1.165, 1.54) is 51.5 Å². The molecule has 2 rings (SSSR count). The highest BCUT2D eigenvalue weighted by atomic mass is 16.1. The number of hydrogen-bond donors (Lipinski definition) is 2. The molecule has 2 fully saturated rings. The molecule has 1 amide bonds. The molecule has 0 aromatic heterocycles. The lowest BCUT2D eigenvalue weighted by atomic mass is 9.97. The van der Waals surface area contributed by atoms with Crippen LogP contribution >= 0.6 is 0 Å². The van der Waals surface area contributed by atoms with Crippen molar-refractivity contribution in [3.63, 3.8) is 0 Å². The predicted octanol–water partition coefficient (Wildman–Crippen LogP) is 1.64. The van der Waals surface area contributed by atoms with Gasteiger partial charge in [-0.1, -0.05) is 19.8 Å². The van der Waals surface area contributed by atoms with Gasteiger partial charge in [-0.3, -0.25) is 4.79 Å². The van der Waals surface area contributed by atoms with Crippen LogP contribution in [0.1, 0.15) is 58.3 Å². The van der Waals surface area contributed by atoms with E-state index in [-0.39, 0.29) is 11.9 Å². The first-order valence-electron chi connectivity index (χ1n) is 8.00. The first-order chi connectivity index (χ1) is 9.20. The second-order valence-corrected chi connectivity index (χ2v) is 6.16.